The first-order valence-corrected chi connectivity index (χ1v) is 7.96. The quantitative estimate of drug-likeness (QED) is 0.840. The normalized spacial score (nSPS) is 11.2. The Hall–Kier alpha value is -1.74. The number of rotatable bonds is 6. The standard InChI is InChI=1S/C10H13N5O2S2/c1-2-4-12-8-3-5-11-6-9(8)19(16,17)15-10-14-13-7-18-10/h3,5-7H,2,4H2,1H3,(H,11,12)(H,14,15). The van der Waals surface area contributed by atoms with E-state index in [4.69, 9.17) is 0 Å². The van der Waals surface area contributed by atoms with E-state index in [0.717, 1.165) is 17.8 Å². The van der Waals surface area contributed by atoms with Crippen LogP contribution in [0.5, 0.6) is 0 Å². The molecule has 7 nitrogen and oxygen atoms in total. The zero-order chi connectivity index (χ0) is 13.7. The van der Waals surface area contributed by atoms with Crippen LogP contribution in [0.15, 0.2) is 28.9 Å². The van der Waals surface area contributed by atoms with Crippen LogP contribution in [-0.4, -0.2) is 30.1 Å². The second-order valence-electron chi connectivity index (χ2n) is 3.65. The Morgan fingerprint density at radius 3 is 2.95 bits per heavy atom. The van der Waals surface area contributed by atoms with Crippen LogP contribution in [0.2, 0.25) is 0 Å². The SMILES string of the molecule is CCCNc1ccncc1S(=O)(=O)Nc1nncs1. The largest absolute Gasteiger partial charge is 0.384 e. The van der Waals surface area contributed by atoms with E-state index in [0.29, 0.717) is 12.2 Å². The number of pyridine rings is 1. The molecule has 0 saturated carbocycles. The number of hydrogen-bond acceptors (Lipinski definition) is 7. The summed E-state index contributed by atoms with van der Waals surface area (Å²) < 4.78 is 26.8. The lowest BCUT2D eigenvalue weighted by Crippen LogP contribution is -2.16. The van der Waals surface area contributed by atoms with Crippen LogP contribution in [-0.2, 0) is 10.0 Å². The van der Waals surface area contributed by atoms with Gasteiger partial charge in [0.2, 0.25) is 5.13 Å². The Kier molecular flexibility index (Phi) is 4.27. The van der Waals surface area contributed by atoms with Crippen molar-refractivity contribution in [3.63, 3.8) is 0 Å². The summed E-state index contributed by atoms with van der Waals surface area (Å²) >= 11 is 1.11. The van der Waals surface area contributed by atoms with Gasteiger partial charge >= 0.3 is 0 Å². The van der Waals surface area contributed by atoms with Gasteiger partial charge in [0.25, 0.3) is 10.0 Å². The summed E-state index contributed by atoms with van der Waals surface area (Å²) in [7, 11) is -3.71. The summed E-state index contributed by atoms with van der Waals surface area (Å²) in [6, 6.07) is 1.63. The van der Waals surface area contributed by atoms with Crippen LogP contribution >= 0.6 is 11.3 Å². The summed E-state index contributed by atoms with van der Waals surface area (Å²) in [5.41, 5.74) is 1.98. The lowest BCUT2D eigenvalue weighted by atomic mass is 10.4. The molecule has 0 aromatic carbocycles. The Bertz CT molecular complexity index is 627. The molecule has 19 heavy (non-hydrogen) atoms. The van der Waals surface area contributed by atoms with Gasteiger partial charge in [-0.05, 0) is 12.5 Å². The highest BCUT2D eigenvalue weighted by Gasteiger charge is 2.20. The van der Waals surface area contributed by atoms with Crippen molar-refractivity contribution in [3.05, 3.63) is 24.0 Å². The highest BCUT2D eigenvalue weighted by Crippen LogP contribution is 2.22. The van der Waals surface area contributed by atoms with Gasteiger partial charge in [-0.2, -0.15) is 0 Å². The molecule has 2 heterocycles. The van der Waals surface area contributed by atoms with Crippen molar-refractivity contribution in [3.8, 4) is 0 Å². The smallest absolute Gasteiger partial charge is 0.267 e. The van der Waals surface area contributed by atoms with Crippen molar-refractivity contribution in [2.24, 2.45) is 0 Å². The predicted octanol–water partition coefficient (Wildman–Crippen LogP) is 1.56. The monoisotopic (exact) mass is 299 g/mol. The van der Waals surface area contributed by atoms with Gasteiger partial charge in [-0.15, -0.1) is 10.2 Å². The highest BCUT2D eigenvalue weighted by molar-refractivity contribution is 7.93. The Balaban J connectivity index is 2.29. The molecule has 2 aromatic heterocycles. The van der Waals surface area contributed by atoms with Gasteiger partial charge in [0.05, 0.1) is 5.69 Å². The summed E-state index contributed by atoms with van der Waals surface area (Å²) in [5.74, 6) is 0. The van der Waals surface area contributed by atoms with Crippen molar-refractivity contribution in [2.45, 2.75) is 18.2 Å². The molecule has 0 radical (unpaired) electrons. The number of anilines is 2. The van der Waals surface area contributed by atoms with Crippen LogP contribution in [0.4, 0.5) is 10.8 Å². The molecule has 0 aliphatic carbocycles. The molecule has 0 spiro atoms. The molecule has 0 saturated heterocycles. The van der Waals surface area contributed by atoms with E-state index in [2.05, 4.69) is 25.2 Å². The molecule has 0 bridgehead atoms. The fraction of sp³-hybridized carbons (Fsp3) is 0.300. The maximum Gasteiger partial charge on any atom is 0.267 e. The molecule has 0 aliphatic rings. The van der Waals surface area contributed by atoms with Crippen LogP contribution in [0.1, 0.15) is 13.3 Å². The Labute approximate surface area is 115 Å². The minimum atomic E-state index is -3.71. The number of nitrogens with one attached hydrogen (secondary N) is 2. The molecule has 0 atom stereocenters. The molecule has 2 aromatic rings. The third kappa shape index (κ3) is 3.38. The van der Waals surface area contributed by atoms with Crippen molar-refractivity contribution >= 4 is 32.2 Å². The molecular formula is C10H13N5O2S2. The van der Waals surface area contributed by atoms with E-state index >= 15 is 0 Å². The molecule has 102 valence electrons. The number of hydrogen-bond donors (Lipinski definition) is 2. The van der Waals surface area contributed by atoms with E-state index < -0.39 is 10.0 Å². The van der Waals surface area contributed by atoms with E-state index in [1.807, 2.05) is 6.92 Å². The lowest BCUT2D eigenvalue weighted by molar-refractivity contribution is 0.601. The van der Waals surface area contributed by atoms with Crippen molar-refractivity contribution in [1.82, 2.24) is 15.2 Å². The fourth-order valence-corrected chi connectivity index (χ4v) is 3.21. The summed E-state index contributed by atoms with van der Waals surface area (Å²) in [5, 5.41) is 10.5. The van der Waals surface area contributed by atoms with Gasteiger partial charge in [-0.25, -0.2) is 8.42 Å². The topological polar surface area (TPSA) is 96.9 Å². The van der Waals surface area contributed by atoms with Crippen molar-refractivity contribution < 1.29 is 8.42 Å². The molecule has 2 rings (SSSR count). The number of aromatic nitrogens is 3. The van der Waals surface area contributed by atoms with Gasteiger partial charge in [-0.1, -0.05) is 18.3 Å². The third-order valence-corrected chi connectivity index (χ3v) is 4.32. The molecule has 9 heteroatoms. The molecule has 0 aliphatic heterocycles. The Morgan fingerprint density at radius 2 is 2.26 bits per heavy atom. The first-order chi connectivity index (χ1) is 9.13. The second kappa shape index (κ2) is 5.93. The molecular weight excluding hydrogens is 286 g/mol. The van der Waals surface area contributed by atoms with E-state index in [1.54, 1.807) is 12.3 Å². The van der Waals surface area contributed by atoms with E-state index in [9.17, 15) is 8.42 Å². The molecule has 0 unspecified atom stereocenters. The van der Waals surface area contributed by atoms with Gasteiger partial charge in [0.1, 0.15) is 10.4 Å². The summed E-state index contributed by atoms with van der Waals surface area (Å²) in [4.78, 5) is 3.95. The van der Waals surface area contributed by atoms with Gasteiger partial charge in [0.15, 0.2) is 0 Å². The molecule has 0 amide bonds. The minimum Gasteiger partial charge on any atom is -0.384 e. The second-order valence-corrected chi connectivity index (χ2v) is 6.13. The average Bonchev–Trinajstić information content (AvgIpc) is 2.88. The number of nitrogens with zero attached hydrogens (tertiary/aromatic N) is 3. The van der Waals surface area contributed by atoms with E-state index in [1.165, 1.54) is 11.7 Å². The summed E-state index contributed by atoms with van der Waals surface area (Å²) in [6.45, 7) is 2.69. The number of sulfonamides is 1. The highest BCUT2D eigenvalue weighted by atomic mass is 32.2. The maximum atomic E-state index is 12.2. The maximum absolute atomic E-state index is 12.2. The minimum absolute atomic E-state index is 0.0960. The lowest BCUT2D eigenvalue weighted by Gasteiger charge is -2.11. The first kappa shape index (κ1) is 13.7. The van der Waals surface area contributed by atoms with Crippen LogP contribution < -0.4 is 10.0 Å². The zero-order valence-electron chi connectivity index (χ0n) is 10.2. The predicted molar refractivity (Wildman–Crippen MR) is 73.7 cm³/mol. The molecule has 2 N–H and O–H groups in total. The van der Waals surface area contributed by atoms with E-state index in [-0.39, 0.29) is 10.0 Å². The van der Waals surface area contributed by atoms with Crippen molar-refractivity contribution in [2.75, 3.05) is 16.6 Å². The summed E-state index contributed by atoms with van der Waals surface area (Å²) in [6.07, 6.45) is 3.75. The fourth-order valence-electron chi connectivity index (χ4n) is 1.39. The Morgan fingerprint density at radius 1 is 1.42 bits per heavy atom. The van der Waals surface area contributed by atoms with Crippen LogP contribution in [0, 0.1) is 0 Å². The average molecular weight is 299 g/mol. The molecule has 0 fully saturated rings. The van der Waals surface area contributed by atoms with Gasteiger partial charge in [0, 0.05) is 18.9 Å². The van der Waals surface area contributed by atoms with Crippen LogP contribution in [0.25, 0.3) is 0 Å². The van der Waals surface area contributed by atoms with Gasteiger partial charge < -0.3 is 5.32 Å². The zero-order valence-corrected chi connectivity index (χ0v) is 11.8. The van der Waals surface area contributed by atoms with Crippen LogP contribution in [0.3, 0.4) is 0 Å². The first-order valence-electron chi connectivity index (χ1n) is 5.60. The third-order valence-electron chi connectivity index (χ3n) is 2.22. The van der Waals surface area contributed by atoms with Gasteiger partial charge in [-0.3, -0.25) is 9.71 Å². The van der Waals surface area contributed by atoms with Crippen molar-refractivity contribution in [1.29, 1.82) is 0 Å².